The quantitative estimate of drug-likeness (QED) is 0.359. The van der Waals surface area contributed by atoms with Crippen molar-refractivity contribution in [3.05, 3.63) is 78.9 Å². The summed E-state index contributed by atoms with van der Waals surface area (Å²) in [5.74, 6) is -1.11. The van der Waals surface area contributed by atoms with Crippen molar-refractivity contribution in [3.8, 4) is 5.75 Å². The van der Waals surface area contributed by atoms with Crippen LogP contribution in [0.2, 0.25) is 0 Å². The van der Waals surface area contributed by atoms with E-state index in [9.17, 15) is 19.5 Å². The summed E-state index contributed by atoms with van der Waals surface area (Å²) in [4.78, 5) is 48.3. The molecule has 3 fully saturated rings. The molecule has 3 saturated heterocycles. The highest BCUT2D eigenvalue weighted by molar-refractivity contribution is 8.02. The Balaban J connectivity index is 1.54. The van der Waals surface area contributed by atoms with Gasteiger partial charge in [0.2, 0.25) is 11.8 Å². The molecule has 228 valence electrons. The lowest BCUT2D eigenvalue weighted by Gasteiger charge is -2.38. The number of amides is 3. The topological polar surface area (TPSA) is 90.4 Å². The van der Waals surface area contributed by atoms with Gasteiger partial charge in [-0.1, -0.05) is 30.4 Å². The molecule has 3 heterocycles. The second kappa shape index (κ2) is 12.6. The molecular weight excluding hydrogens is 562 g/mol. The van der Waals surface area contributed by atoms with Crippen LogP contribution >= 0.6 is 11.8 Å². The van der Waals surface area contributed by atoms with Gasteiger partial charge in [-0.05, 0) is 69.0 Å². The number of hydrogen-bond acceptors (Lipinski definition) is 6. The number of nitrogens with zero attached hydrogens (tertiary/aromatic N) is 3. The van der Waals surface area contributed by atoms with Gasteiger partial charge in [0.1, 0.15) is 11.8 Å². The van der Waals surface area contributed by atoms with E-state index >= 15 is 0 Å². The van der Waals surface area contributed by atoms with E-state index < -0.39 is 22.6 Å². The second-order valence-electron chi connectivity index (χ2n) is 11.5. The minimum atomic E-state index is -0.803. The highest BCUT2D eigenvalue weighted by atomic mass is 32.2. The van der Waals surface area contributed by atoms with Crippen molar-refractivity contribution < 1.29 is 24.2 Å². The zero-order valence-electron chi connectivity index (χ0n) is 25.2. The van der Waals surface area contributed by atoms with Gasteiger partial charge in [-0.25, -0.2) is 0 Å². The molecule has 0 aromatic heterocycles. The van der Waals surface area contributed by atoms with Crippen molar-refractivity contribution in [2.45, 2.75) is 49.7 Å². The molecule has 9 heteroatoms. The first-order valence-electron chi connectivity index (χ1n) is 15.0. The Kier molecular flexibility index (Phi) is 9.04. The van der Waals surface area contributed by atoms with Gasteiger partial charge in [-0.3, -0.25) is 14.4 Å². The third kappa shape index (κ3) is 5.16. The zero-order valence-corrected chi connectivity index (χ0v) is 26.0. The third-order valence-corrected chi connectivity index (χ3v) is 10.9. The Hall–Kier alpha value is -3.56. The fourth-order valence-electron chi connectivity index (χ4n) is 7.38. The van der Waals surface area contributed by atoms with Crippen LogP contribution in [-0.2, 0) is 14.4 Å². The highest BCUT2D eigenvalue weighted by Crippen LogP contribution is 2.66. The van der Waals surface area contributed by atoms with Gasteiger partial charge in [-0.15, -0.1) is 24.9 Å². The lowest BCUT2D eigenvalue weighted by molar-refractivity contribution is -0.139. The minimum absolute atomic E-state index is 0.0313. The molecule has 2 unspecified atom stereocenters. The van der Waals surface area contributed by atoms with Crippen LogP contribution in [0.3, 0.4) is 0 Å². The summed E-state index contributed by atoms with van der Waals surface area (Å²) >= 11 is 1.62. The van der Waals surface area contributed by atoms with Crippen molar-refractivity contribution in [1.29, 1.82) is 0 Å². The average molecular weight is 604 g/mol. The summed E-state index contributed by atoms with van der Waals surface area (Å²) in [6.45, 7) is 14.5. The normalized spacial score (nSPS) is 25.4. The maximum absolute atomic E-state index is 14.7. The number of likely N-dealkylation sites (tertiary alicyclic amines) is 1. The van der Waals surface area contributed by atoms with E-state index in [0.717, 1.165) is 23.2 Å². The van der Waals surface area contributed by atoms with Gasteiger partial charge >= 0.3 is 0 Å². The smallest absolute Gasteiger partial charge is 0.251 e. The van der Waals surface area contributed by atoms with E-state index in [2.05, 4.69) is 13.2 Å². The molecule has 5 rings (SSSR count). The lowest BCUT2D eigenvalue weighted by Crippen LogP contribution is -2.55. The molecule has 2 bridgehead atoms. The number of aryl methyl sites for hydroxylation is 2. The van der Waals surface area contributed by atoms with Gasteiger partial charge in [0.05, 0.1) is 29.8 Å². The second-order valence-corrected chi connectivity index (χ2v) is 13.1. The van der Waals surface area contributed by atoms with Gasteiger partial charge in [0, 0.05) is 36.3 Å². The molecule has 0 aliphatic carbocycles. The van der Waals surface area contributed by atoms with Crippen molar-refractivity contribution in [2.75, 3.05) is 42.6 Å². The molecule has 2 aromatic carbocycles. The van der Waals surface area contributed by atoms with Crippen LogP contribution in [0.15, 0.2) is 67.8 Å². The van der Waals surface area contributed by atoms with Crippen LogP contribution in [0.5, 0.6) is 5.75 Å². The molecule has 43 heavy (non-hydrogen) atoms. The van der Waals surface area contributed by atoms with E-state index in [1.165, 1.54) is 0 Å². The summed E-state index contributed by atoms with van der Waals surface area (Å²) < 4.78 is 4.82. The first kappa shape index (κ1) is 30.9. The number of para-hydroxylation sites is 1. The summed E-state index contributed by atoms with van der Waals surface area (Å²) in [5, 5.41) is 9.94. The number of thioether (sulfide) groups is 1. The SMILES string of the molecule is C=CCN(C(=O)[C@@H]1[C@@H]2CCC3(S2)C(C(=O)N(CC=C)c2c(C)cccc2C)N(CCO)C(=O)[C@H]13)c1ccc(OCC)cc1. The number of rotatable bonds is 12. The van der Waals surface area contributed by atoms with E-state index in [0.29, 0.717) is 24.5 Å². The highest BCUT2D eigenvalue weighted by Gasteiger charge is 2.74. The maximum atomic E-state index is 14.7. The molecule has 5 atom stereocenters. The third-order valence-electron chi connectivity index (χ3n) is 8.98. The number of anilines is 2. The van der Waals surface area contributed by atoms with Crippen LogP contribution in [-0.4, -0.2) is 76.6 Å². The molecule has 3 aliphatic heterocycles. The standard InChI is InChI=1S/C34H41N3O5S/c1-6-18-35(24-12-14-25(15-13-24)42-8-3)31(39)27-26-16-17-34(43-26)28(27)32(40)37(20-21-38)30(34)33(41)36(19-7-2)29-22(4)10-9-11-23(29)5/h6-7,9-15,26-28,30,38H,1-2,8,16-21H2,3-5H3/t26-,27+,28-,30?,34?/m0/s1. The molecule has 3 aliphatic rings. The largest absolute Gasteiger partial charge is 0.494 e. The van der Waals surface area contributed by atoms with Crippen LogP contribution in [0.1, 0.15) is 30.9 Å². The Morgan fingerprint density at radius 3 is 2.33 bits per heavy atom. The zero-order chi connectivity index (χ0) is 30.9. The molecule has 1 N–H and O–H groups in total. The first-order valence-corrected chi connectivity index (χ1v) is 15.8. The molecule has 0 saturated carbocycles. The van der Waals surface area contributed by atoms with Crippen molar-refractivity contribution in [3.63, 3.8) is 0 Å². The fraction of sp³-hybridized carbons (Fsp3) is 0.441. The Morgan fingerprint density at radius 1 is 1.07 bits per heavy atom. The van der Waals surface area contributed by atoms with Gasteiger partial charge < -0.3 is 24.5 Å². The number of carbonyl (C=O) groups is 3. The van der Waals surface area contributed by atoms with E-state index in [4.69, 9.17) is 4.74 Å². The predicted molar refractivity (Wildman–Crippen MR) is 172 cm³/mol. The van der Waals surface area contributed by atoms with Gasteiger partial charge in [0.25, 0.3) is 5.91 Å². The fourth-order valence-corrected chi connectivity index (χ4v) is 9.59. The van der Waals surface area contributed by atoms with Crippen LogP contribution < -0.4 is 14.5 Å². The number of β-amino-alcohol motifs (C(OH)–C–C–N with tert-alkyl or cyclic N) is 1. The summed E-state index contributed by atoms with van der Waals surface area (Å²) in [6, 6.07) is 12.5. The predicted octanol–water partition coefficient (Wildman–Crippen LogP) is 4.52. The molecular formula is C34H41N3O5S. The number of fused-ring (bicyclic) bond motifs is 1. The summed E-state index contributed by atoms with van der Waals surface area (Å²) in [5.41, 5.74) is 3.41. The van der Waals surface area contributed by atoms with E-state index in [-0.39, 0.29) is 49.2 Å². The Morgan fingerprint density at radius 2 is 1.72 bits per heavy atom. The number of aliphatic hydroxyl groups is 1. The van der Waals surface area contributed by atoms with Crippen LogP contribution in [0, 0.1) is 25.7 Å². The number of ether oxygens (including phenoxy) is 1. The van der Waals surface area contributed by atoms with Gasteiger partial charge in [-0.2, -0.15) is 0 Å². The van der Waals surface area contributed by atoms with Crippen molar-refractivity contribution >= 4 is 40.9 Å². The number of hydrogen-bond donors (Lipinski definition) is 1. The molecule has 0 radical (unpaired) electrons. The number of benzene rings is 2. The summed E-state index contributed by atoms with van der Waals surface area (Å²) in [6.07, 6.45) is 4.77. The monoisotopic (exact) mass is 603 g/mol. The lowest BCUT2D eigenvalue weighted by atomic mass is 9.70. The Bertz CT molecular complexity index is 1390. The van der Waals surface area contributed by atoms with Crippen LogP contribution in [0.4, 0.5) is 11.4 Å². The molecule has 3 amide bonds. The first-order chi connectivity index (χ1) is 20.7. The average Bonchev–Trinajstić information content (AvgIpc) is 3.63. The molecule has 1 spiro atoms. The Labute approximate surface area is 258 Å². The van der Waals surface area contributed by atoms with E-state index in [1.54, 1.807) is 38.6 Å². The minimum Gasteiger partial charge on any atom is -0.494 e. The number of aliphatic hydroxyl groups excluding tert-OH is 1. The van der Waals surface area contributed by atoms with Crippen LogP contribution in [0.25, 0.3) is 0 Å². The van der Waals surface area contributed by atoms with Gasteiger partial charge in [0.15, 0.2) is 0 Å². The van der Waals surface area contributed by atoms with Crippen molar-refractivity contribution in [1.82, 2.24) is 4.90 Å². The molecule has 8 nitrogen and oxygen atoms in total. The van der Waals surface area contributed by atoms with Crippen molar-refractivity contribution in [2.24, 2.45) is 11.8 Å². The van der Waals surface area contributed by atoms with E-state index in [1.807, 2.05) is 63.2 Å². The number of carbonyl (C=O) groups excluding carboxylic acids is 3. The molecule has 2 aromatic rings. The summed E-state index contributed by atoms with van der Waals surface area (Å²) in [7, 11) is 0. The maximum Gasteiger partial charge on any atom is 0.251 e.